The molecule has 0 fully saturated rings. The Morgan fingerprint density at radius 1 is 1.50 bits per heavy atom. The summed E-state index contributed by atoms with van der Waals surface area (Å²) in [6, 6.07) is 0. The molecule has 0 unspecified atom stereocenters. The van der Waals surface area contributed by atoms with Gasteiger partial charge in [-0.3, -0.25) is 14.7 Å². The average molecular weight is 247 g/mol. The number of rotatable bonds is 8. The summed E-state index contributed by atoms with van der Waals surface area (Å²) >= 11 is 0. The number of aliphatic imine (C=N–C) groups is 2. The van der Waals surface area contributed by atoms with Crippen molar-refractivity contribution in [1.82, 2.24) is 15.0 Å². The smallest absolute Gasteiger partial charge is 0.0830 e. The minimum Gasteiger partial charge on any atom is -0.293 e. The van der Waals surface area contributed by atoms with E-state index in [1.165, 1.54) is 0 Å². The molecule has 0 atom stereocenters. The number of allylic oxidation sites excluding steroid dienone is 1. The van der Waals surface area contributed by atoms with Gasteiger partial charge in [-0.25, -0.2) is 0 Å². The van der Waals surface area contributed by atoms with Gasteiger partial charge >= 0.3 is 0 Å². The summed E-state index contributed by atoms with van der Waals surface area (Å²) in [4.78, 5) is 8.12. The van der Waals surface area contributed by atoms with Gasteiger partial charge in [0.15, 0.2) is 0 Å². The molecule has 1 rings (SSSR count). The zero-order chi connectivity index (χ0) is 13.2. The van der Waals surface area contributed by atoms with E-state index in [1.54, 1.807) is 6.20 Å². The molecule has 0 saturated heterocycles. The molecular formula is C13H21N5. The lowest BCUT2D eigenvalue weighted by Crippen LogP contribution is -1.93. The first-order valence-electron chi connectivity index (χ1n) is 6.33. The van der Waals surface area contributed by atoms with Crippen molar-refractivity contribution in [3.8, 4) is 0 Å². The summed E-state index contributed by atoms with van der Waals surface area (Å²) in [5.74, 6) is 0. The zero-order valence-electron chi connectivity index (χ0n) is 11.2. The Balaban J connectivity index is 2.51. The van der Waals surface area contributed by atoms with E-state index in [9.17, 15) is 0 Å². The van der Waals surface area contributed by atoms with Gasteiger partial charge in [-0.15, -0.1) is 5.10 Å². The maximum atomic E-state index is 4.32. The zero-order valence-corrected chi connectivity index (χ0v) is 11.2. The summed E-state index contributed by atoms with van der Waals surface area (Å²) in [7, 11) is 0. The largest absolute Gasteiger partial charge is 0.293 e. The van der Waals surface area contributed by atoms with E-state index >= 15 is 0 Å². The van der Waals surface area contributed by atoms with E-state index in [1.807, 2.05) is 24.0 Å². The van der Waals surface area contributed by atoms with E-state index in [-0.39, 0.29) is 0 Å². The molecule has 0 amide bonds. The summed E-state index contributed by atoms with van der Waals surface area (Å²) in [6.45, 7) is 9.33. The normalized spacial score (nSPS) is 12.2. The molecule has 0 aliphatic carbocycles. The average Bonchev–Trinajstić information content (AvgIpc) is 2.84. The Kier molecular flexibility index (Phi) is 6.61. The van der Waals surface area contributed by atoms with Crippen LogP contribution in [-0.2, 0) is 13.0 Å². The van der Waals surface area contributed by atoms with Crippen molar-refractivity contribution < 1.29 is 0 Å². The molecule has 0 aliphatic heterocycles. The van der Waals surface area contributed by atoms with Gasteiger partial charge in [0.25, 0.3) is 0 Å². The molecule has 0 aliphatic rings. The quantitative estimate of drug-likeness (QED) is 0.662. The van der Waals surface area contributed by atoms with Crippen molar-refractivity contribution in [3.63, 3.8) is 0 Å². The molecule has 1 aromatic heterocycles. The molecule has 5 heteroatoms. The van der Waals surface area contributed by atoms with Crippen LogP contribution in [0.3, 0.4) is 0 Å². The lowest BCUT2D eigenvalue weighted by Gasteiger charge is -1.98. The Labute approximate surface area is 108 Å². The van der Waals surface area contributed by atoms with Crippen LogP contribution in [-0.4, -0.2) is 34.5 Å². The number of aromatic nitrogens is 3. The lowest BCUT2D eigenvalue weighted by molar-refractivity contribution is 0.626. The Morgan fingerprint density at radius 2 is 2.33 bits per heavy atom. The molecule has 98 valence electrons. The van der Waals surface area contributed by atoms with Gasteiger partial charge in [-0.1, -0.05) is 12.1 Å². The summed E-state index contributed by atoms with van der Waals surface area (Å²) < 4.78 is 1.83. The van der Waals surface area contributed by atoms with Gasteiger partial charge in [0.2, 0.25) is 0 Å². The van der Waals surface area contributed by atoms with Crippen molar-refractivity contribution in [2.45, 2.75) is 39.7 Å². The van der Waals surface area contributed by atoms with Gasteiger partial charge in [0, 0.05) is 31.7 Å². The first kappa shape index (κ1) is 14.3. The Hall–Kier alpha value is -1.78. The van der Waals surface area contributed by atoms with Crippen LogP contribution >= 0.6 is 0 Å². The highest BCUT2D eigenvalue weighted by atomic mass is 15.4. The van der Waals surface area contributed by atoms with E-state index in [2.05, 4.69) is 33.9 Å². The van der Waals surface area contributed by atoms with Crippen LogP contribution in [0.25, 0.3) is 0 Å². The van der Waals surface area contributed by atoms with Gasteiger partial charge in [-0.05, 0) is 38.5 Å². The highest BCUT2D eigenvalue weighted by molar-refractivity contribution is 5.78. The van der Waals surface area contributed by atoms with Crippen molar-refractivity contribution in [2.75, 3.05) is 6.54 Å². The second kappa shape index (κ2) is 8.33. The highest BCUT2D eigenvalue weighted by Gasteiger charge is 2.01. The molecule has 18 heavy (non-hydrogen) atoms. The molecule has 0 saturated carbocycles. The van der Waals surface area contributed by atoms with Gasteiger partial charge in [0.1, 0.15) is 0 Å². The van der Waals surface area contributed by atoms with Crippen LogP contribution in [0.5, 0.6) is 0 Å². The minimum absolute atomic E-state index is 0.847. The fourth-order valence-corrected chi connectivity index (χ4v) is 1.47. The number of hydrogen-bond donors (Lipinski definition) is 0. The van der Waals surface area contributed by atoms with E-state index in [4.69, 9.17) is 0 Å². The summed E-state index contributed by atoms with van der Waals surface area (Å²) in [5.41, 5.74) is 2.07. The van der Waals surface area contributed by atoms with Gasteiger partial charge < -0.3 is 0 Å². The van der Waals surface area contributed by atoms with Gasteiger partial charge in [-0.2, -0.15) is 0 Å². The van der Waals surface area contributed by atoms with E-state index < -0.39 is 0 Å². The van der Waals surface area contributed by atoms with Crippen molar-refractivity contribution in [3.05, 3.63) is 23.7 Å². The van der Waals surface area contributed by atoms with Crippen molar-refractivity contribution in [2.24, 2.45) is 9.98 Å². The van der Waals surface area contributed by atoms with Crippen LogP contribution in [0.2, 0.25) is 0 Å². The molecule has 1 aromatic rings. The fraction of sp³-hybridized carbons (Fsp3) is 0.538. The molecule has 0 spiro atoms. The third-order valence-electron chi connectivity index (χ3n) is 2.45. The molecule has 0 radical (unpaired) electrons. The van der Waals surface area contributed by atoms with Crippen LogP contribution in [0.15, 0.2) is 28.0 Å². The van der Waals surface area contributed by atoms with Gasteiger partial charge in [0.05, 0.1) is 5.69 Å². The monoisotopic (exact) mass is 247 g/mol. The SMILES string of the molecule is C=N/C=C(\C=NCCC)CCc1cn(CC)nn1. The van der Waals surface area contributed by atoms with Crippen molar-refractivity contribution >= 4 is 12.9 Å². The molecule has 5 nitrogen and oxygen atoms in total. The number of aryl methyl sites for hydroxylation is 2. The fourth-order valence-electron chi connectivity index (χ4n) is 1.47. The molecule has 1 heterocycles. The topological polar surface area (TPSA) is 55.4 Å². The molecule has 0 aromatic carbocycles. The van der Waals surface area contributed by atoms with Crippen LogP contribution in [0, 0.1) is 0 Å². The molecule has 0 bridgehead atoms. The first-order valence-corrected chi connectivity index (χ1v) is 6.33. The summed E-state index contributed by atoms with van der Waals surface area (Å²) in [6.07, 6.45) is 8.36. The maximum Gasteiger partial charge on any atom is 0.0830 e. The maximum absolute atomic E-state index is 4.32. The standard InChI is InChI=1S/C13H21N5/c1-4-8-15-10-12(9-14-3)6-7-13-11-18(5-2)17-16-13/h9-11H,3-8H2,1-2H3/b12-9-,15-10?. The predicted molar refractivity (Wildman–Crippen MR) is 75.3 cm³/mol. The van der Waals surface area contributed by atoms with Crippen LogP contribution in [0.4, 0.5) is 0 Å². The number of hydrogen-bond acceptors (Lipinski definition) is 4. The Morgan fingerprint density at radius 3 is 2.94 bits per heavy atom. The van der Waals surface area contributed by atoms with E-state index in [0.29, 0.717) is 0 Å². The van der Waals surface area contributed by atoms with E-state index in [0.717, 1.165) is 43.6 Å². The number of nitrogens with zero attached hydrogens (tertiary/aromatic N) is 5. The van der Waals surface area contributed by atoms with Crippen molar-refractivity contribution in [1.29, 1.82) is 0 Å². The molecule has 0 N–H and O–H groups in total. The first-order chi connectivity index (χ1) is 8.80. The minimum atomic E-state index is 0.847. The second-order valence-corrected chi connectivity index (χ2v) is 3.99. The Bertz CT molecular complexity index is 417. The third kappa shape index (κ3) is 5.03. The highest BCUT2D eigenvalue weighted by Crippen LogP contribution is 2.06. The second-order valence-electron chi connectivity index (χ2n) is 3.99. The van der Waals surface area contributed by atoms with Crippen LogP contribution in [0.1, 0.15) is 32.4 Å². The lowest BCUT2D eigenvalue weighted by atomic mass is 10.1. The summed E-state index contributed by atoms with van der Waals surface area (Å²) in [5, 5.41) is 8.12. The molecular weight excluding hydrogens is 226 g/mol. The predicted octanol–water partition coefficient (Wildman–Crippen LogP) is 2.30. The van der Waals surface area contributed by atoms with Crippen LogP contribution < -0.4 is 0 Å². The third-order valence-corrected chi connectivity index (χ3v) is 2.45.